The van der Waals surface area contributed by atoms with Crippen LogP contribution in [-0.2, 0) is 20.7 Å². The van der Waals surface area contributed by atoms with Crippen molar-refractivity contribution in [2.45, 2.75) is 19.4 Å². The lowest BCUT2D eigenvalue weighted by atomic mass is 10.0. The Morgan fingerprint density at radius 3 is 2.62 bits per heavy atom. The monoisotopic (exact) mass is 392 g/mol. The molecule has 29 heavy (non-hydrogen) atoms. The summed E-state index contributed by atoms with van der Waals surface area (Å²) in [6.45, 7) is 2.52. The molecular formula is C23H24N2O4. The molecular weight excluding hydrogens is 368 g/mol. The first-order valence-corrected chi connectivity index (χ1v) is 9.45. The molecule has 2 aromatic carbocycles. The number of ether oxygens (including phenoxy) is 2. The van der Waals surface area contributed by atoms with Crippen LogP contribution in [0.3, 0.4) is 0 Å². The lowest BCUT2D eigenvalue weighted by Gasteiger charge is -2.15. The molecule has 0 aliphatic rings. The summed E-state index contributed by atoms with van der Waals surface area (Å²) in [5, 5.41) is 3.75. The van der Waals surface area contributed by atoms with Crippen LogP contribution in [0.2, 0.25) is 0 Å². The lowest BCUT2D eigenvalue weighted by Crippen LogP contribution is -2.42. The van der Waals surface area contributed by atoms with Crippen molar-refractivity contribution in [3.05, 3.63) is 71.9 Å². The van der Waals surface area contributed by atoms with E-state index in [-0.39, 0.29) is 5.91 Å². The number of carbonyl (C=O) groups excluding carboxylic acids is 2. The van der Waals surface area contributed by atoms with Crippen LogP contribution in [0.5, 0.6) is 5.75 Å². The van der Waals surface area contributed by atoms with E-state index in [1.165, 1.54) is 13.2 Å². The highest BCUT2D eigenvalue weighted by molar-refractivity contribution is 5.95. The van der Waals surface area contributed by atoms with Crippen LogP contribution in [-0.4, -0.2) is 36.6 Å². The van der Waals surface area contributed by atoms with Gasteiger partial charge in [0, 0.05) is 29.6 Å². The van der Waals surface area contributed by atoms with Gasteiger partial charge in [-0.25, -0.2) is 4.79 Å². The second-order valence-corrected chi connectivity index (χ2v) is 6.48. The predicted octanol–water partition coefficient (Wildman–Crippen LogP) is 3.48. The maximum absolute atomic E-state index is 12.4. The minimum Gasteiger partial charge on any atom is -0.494 e. The van der Waals surface area contributed by atoms with E-state index in [1.54, 1.807) is 6.08 Å². The number of aromatic nitrogens is 1. The fourth-order valence-electron chi connectivity index (χ4n) is 3.09. The number of benzene rings is 2. The van der Waals surface area contributed by atoms with Gasteiger partial charge in [-0.3, -0.25) is 4.79 Å². The second kappa shape index (κ2) is 9.59. The topological polar surface area (TPSA) is 80.4 Å². The van der Waals surface area contributed by atoms with Crippen LogP contribution in [0.4, 0.5) is 0 Å². The molecule has 0 spiro atoms. The van der Waals surface area contributed by atoms with Crippen LogP contribution in [0.1, 0.15) is 18.1 Å². The van der Waals surface area contributed by atoms with Crippen molar-refractivity contribution in [2.24, 2.45) is 0 Å². The van der Waals surface area contributed by atoms with Crippen LogP contribution in [0.25, 0.3) is 17.0 Å². The lowest BCUT2D eigenvalue weighted by molar-refractivity contribution is -0.144. The van der Waals surface area contributed by atoms with Gasteiger partial charge in [0.2, 0.25) is 5.91 Å². The number of hydrogen-bond donors (Lipinski definition) is 2. The van der Waals surface area contributed by atoms with Gasteiger partial charge in [-0.15, -0.1) is 0 Å². The Balaban J connectivity index is 1.68. The molecule has 3 rings (SSSR count). The normalized spacial score (nSPS) is 12.1. The van der Waals surface area contributed by atoms with E-state index in [0.717, 1.165) is 27.8 Å². The summed E-state index contributed by atoms with van der Waals surface area (Å²) in [6.07, 6.45) is 5.27. The number of H-pyrrole nitrogens is 1. The summed E-state index contributed by atoms with van der Waals surface area (Å²) in [5.74, 6) is -0.0780. The quantitative estimate of drug-likeness (QED) is 0.454. The minimum absolute atomic E-state index is 0.333. The molecule has 6 heteroatoms. The molecule has 1 atom stereocenters. The number of methoxy groups -OCH3 is 1. The molecule has 0 radical (unpaired) electrons. The number of fused-ring (bicyclic) bond motifs is 1. The molecule has 1 heterocycles. The van der Waals surface area contributed by atoms with E-state index in [0.29, 0.717) is 13.0 Å². The van der Waals surface area contributed by atoms with Gasteiger partial charge < -0.3 is 19.8 Å². The third kappa shape index (κ3) is 5.25. The van der Waals surface area contributed by atoms with Crippen molar-refractivity contribution in [1.82, 2.24) is 10.3 Å². The third-order valence-electron chi connectivity index (χ3n) is 4.52. The van der Waals surface area contributed by atoms with Gasteiger partial charge in [-0.2, -0.15) is 0 Å². The fourth-order valence-corrected chi connectivity index (χ4v) is 3.09. The number of aromatic amines is 1. The number of rotatable bonds is 8. The van der Waals surface area contributed by atoms with Gasteiger partial charge in [0.15, 0.2) is 0 Å². The van der Waals surface area contributed by atoms with E-state index in [2.05, 4.69) is 10.3 Å². The Bertz CT molecular complexity index is 1010. The van der Waals surface area contributed by atoms with Crippen LogP contribution < -0.4 is 10.1 Å². The molecule has 2 N–H and O–H groups in total. The van der Waals surface area contributed by atoms with Crippen LogP contribution in [0.15, 0.2) is 60.8 Å². The number of amides is 1. The van der Waals surface area contributed by atoms with Crippen molar-refractivity contribution in [3.8, 4) is 5.75 Å². The molecule has 6 nitrogen and oxygen atoms in total. The smallest absolute Gasteiger partial charge is 0.328 e. The zero-order valence-corrected chi connectivity index (χ0v) is 16.5. The zero-order valence-electron chi connectivity index (χ0n) is 16.5. The van der Waals surface area contributed by atoms with Crippen molar-refractivity contribution in [2.75, 3.05) is 13.7 Å². The van der Waals surface area contributed by atoms with Crippen LogP contribution >= 0.6 is 0 Å². The average Bonchev–Trinajstić information content (AvgIpc) is 3.15. The van der Waals surface area contributed by atoms with E-state index < -0.39 is 12.0 Å². The zero-order chi connectivity index (χ0) is 20.6. The molecule has 0 aliphatic carbocycles. The van der Waals surface area contributed by atoms with Gasteiger partial charge in [0.25, 0.3) is 0 Å². The highest BCUT2D eigenvalue weighted by Crippen LogP contribution is 2.19. The fraction of sp³-hybridized carbons (Fsp3) is 0.217. The molecule has 150 valence electrons. The number of carbonyl (C=O) groups is 2. The Morgan fingerprint density at radius 1 is 1.14 bits per heavy atom. The minimum atomic E-state index is -0.781. The summed E-state index contributed by atoms with van der Waals surface area (Å²) >= 11 is 0. The Kier molecular flexibility index (Phi) is 6.68. The highest BCUT2D eigenvalue weighted by atomic mass is 16.5. The van der Waals surface area contributed by atoms with Crippen molar-refractivity contribution in [3.63, 3.8) is 0 Å². The number of esters is 1. The molecule has 0 fully saturated rings. The Labute approximate surface area is 169 Å². The average molecular weight is 392 g/mol. The van der Waals surface area contributed by atoms with E-state index in [9.17, 15) is 9.59 Å². The summed E-state index contributed by atoms with van der Waals surface area (Å²) in [4.78, 5) is 27.7. The maximum atomic E-state index is 12.4. The van der Waals surface area contributed by atoms with Crippen molar-refractivity contribution < 1.29 is 19.1 Å². The van der Waals surface area contributed by atoms with Crippen molar-refractivity contribution in [1.29, 1.82) is 0 Å². The van der Waals surface area contributed by atoms with Gasteiger partial charge >= 0.3 is 5.97 Å². The van der Waals surface area contributed by atoms with Gasteiger partial charge in [-0.05, 0) is 42.3 Å². The third-order valence-corrected chi connectivity index (χ3v) is 4.52. The number of nitrogens with one attached hydrogen (secondary N) is 2. The molecule has 0 bridgehead atoms. The summed E-state index contributed by atoms with van der Waals surface area (Å²) in [6, 6.07) is 14.4. The van der Waals surface area contributed by atoms with Gasteiger partial charge in [0.1, 0.15) is 11.8 Å². The maximum Gasteiger partial charge on any atom is 0.328 e. The molecule has 0 saturated carbocycles. The van der Waals surface area contributed by atoms with E-state index in [4.69, 9.17) is 9.47 Å². The van der Waals surface area contributed by atoms with E-state index in [1.807, 2.05) is 61.7 Å². The van der Waals surface area contributed by atoms with Crippen LogP contribution in [0, 0.1) is 0 Å². The standard InChI is InChI=1S/C23H24N2O4/c1-3-29-18-11-8-16(9-12-18)10-13-22(26)25-21(23(27)28-2)14-17-15-24-20-7-5-4-6-19(17)20/h4-13,15,21,24H,3,14H2,1-2H3,(H,25,26)/b13-10+. The number of para-hydroxylation sites is 1. The molecule has 1 aromatic heterocycles. The number of hydrogen-bond acceptors (Lipinski definition) is 4. The van der Waals surface area contributed by atoms with E-state index >= 15 is 0 Å². The second-order valence-electron chi connectivity index (χ2n) is 6.48. The molecule has 1 unspecified atom stereocenters. The first kappa shape index (κ1) is 20.2. The molecule has 0 saturated heterocycles. The molecule has 1 amide bonds. The predicted molar refractivity (Wildman–Crippen MR) is 113 cm³/mol. The SMILES string of the molecule is CCOc1ccc(/C=C/C(=O)NC(Cc2c[nH]c3ccccc23)C(=O)OC)cc1. The summed E-state index contributed by atoms with van der Waals surface area (Å²) in [5.41, 5.74) is 2.77. The Morgan fingerprint density at radius 2 is 1.90 bits per heavy atom. The molecule has 3 aromatic rings. The van der Waals surface area contributed by atoms with Gasteiger partial charge in [0.05, 0.1) is 13.7 Å². The van der Waals surface area contributed by atoms with Crippen molar-refractivity contribution >= 4 is 28.9 Å². The Hall–Kier alpha value is -3.54. The first-order valence-electron chi connectivity index (χ1n) is 9.45. The summed E-state index contributed by atoms with van der Waals surface area (Å²) in [7, 11) is 1.31. The van der Waals surface area contributed by atoms with Gasteiger partial charge in [-0.1, -0.05) is 30.3 Å². The molecule has 0 aliphatic heterocycles. The highest BCUT2D eigenvalue weighted by Gasteiger charge is 2.22. The first-order chi connectivity index (χ1) is 14.1. The summed E-state index contributed by atoms with van der Waals surface area (Å²) < 4.78 is 10.3. The largest absolute Gasteiger partial charge is 0.494 e.